The van der Waals surface area contributed by atoms with E-state index in [4.69, 9.17) is 16.3 Å². The molecule has 0 aliphatic carbocycles. The van der Waals surface area contributed by atoms with Crippen LogP contribution in [0.2, 0.25) is 5.02 Å². The highest BCUT2D eigenvalue weighted by Gasteiger charge is 2.38. The summed E-state index contributed by atoms with van der Waals surface area (Å²) in [5, 5.41) is 11.0. The van der Waals surface area contributed by atoms with Crippen LogP contribution in [0.15, 0.2) is 72.8 Å². The molecule has 0 saturated carbocycles. The topological polar surface area (TPSA) is 55.2 Å². The van der Waals surface area contributed by atoms with Gasteiger partial charge in [0.25, 0.3) is 0 Å². The number of rotatable bonds is 4. The smallest absolute Gasteiger partial charge is 0.434 e. The standard InChI is InChI=1S/C24H16ClF3N2O2/c1-32-17-11-12-18(19(31)13-17)21-20(14-7-9-16(25)10-8-14)22(24(26,27)28)30-23(29-21)15-5-3-2-4-6-15/h2-13,31H,1H3. The molecule has 162 valence electrons. The fourth-order valence-electron chi connectivity index (χ4n) is 3.31. The number of methoxy groups -OCH3 is 1. The Kier molecular flexibility index (Phi) is 5.76. The normalized spacial score (nSPS) is 11.4. The van der Waals surface area contributed by atoms with E-state index in [0.29, 0.717) is 16.3 Å². The van der Waals surface area contributed by atoms with Crippen molar-refractivity contribution in [3.05, 3.63) is 83.5 Å². The number of nitrogens with zero attached hydrogens (tertiary/aromatic N) is 2. The number of hydrogen-bond acceptors (Lipinski definition) is 4. The van der Waals surface area contributed by atoms with Gasteiger partial charge in [0.1, 0.15) is 11.5 Å². The van der Waals surface area contributed by atoms with Gasteiger partial charge in [0.2, 0.25) is 0 Å². The number of aromatic nitrogens is 2. The number of halogens is 4. The van der Waals surface area contributed by atoms with Gasteiger partial charge in [0, 0.05) is 27.8 Å². The molecule has 0 atom stereocenters. The third kappa shape index (κ3) is 4.24. The van der Waals surface area contributed by atoms with Crippen molar-refractivity contribution in [3.63, 3.8) is 0 Å². The first kappa shape index (κ1) is 21.6. The van der Waals surface area contributed by atoms with Crippen LogP contribution in [0, 0.1) is 0 Å². The summed E-state index contributed by atoms with van der Waals surface area (Å²) in [5.41, 5.74) is -0.691. The summed E-state index contributed by atoms with van der Waals surface area (Å²) < 4.78 is 47.8. The van der Waals surface area contributed by atoms with E-state index in [1.807, 2.05) is 0 Å². The zero-order valence-corrected chi connectivity index (χ0v) is 17.4. The molecule has 1 heterocycles. The average molecular weight is 457 g/mol. The van der Waals surface area contributed by atoms with E-state index in [1.165, 1.54) is 49.6 Å². The third-order valence-corrected chi connectivity index (χ3v) is 5.05. The SMILES string of the molecule is COc1ccc(-c2nc(-c3ccccc3)nc(C(F)(F)F)c2-c2ccc(Cl)cc2)c(O)c1. The monoisotopic (exact) mass is 456 g/mol. The number of benzene rings is 3. The minimum Gasteiger partial charge on any atom is -0.507 e. The summed E-state index contributed by atoms with van der Waals surface area (Å²) in [4.78, 5) is 8.34. The fraction of sp³-hybridized carbons (Fsp3) is 0.0833. The van der Waals surface area contributed by atoms with Crippen LogP contribution in [0.25, 0.3) is 33.8 Å². The largest absolute Gasteiger partial charge is 0.507 e. The Bertz CT molecular complexity index is 1260. The van der Waals surface area contributed by atoms with E-state index >= 15 is 0 Å². The number of hydrogen-bond donors (Lipinski definition) is 1. The molecule has 0 radical (unpaired) electrons. The summed E-state index contributed by atoms with van der Waals surface area (Å²) >= 11 is 5.94. The van der Waals surface area contributed by atoms with Crippen LogP contribution >= 0.6 is 11.6 Å². The summed E-state index contributed by atoms with van der Waals surface area (Å²) in [6.07, 6.45) is -4.78. The minimum atomic E-state index is -4.78. The molecule has 1 aromatic heterocycles. The molecule has 4 aromatic rings. The molecule has 4 rings (SSSR count). The molecule has 0 fully saturated rings. The molecule has 0 bridgehead atoms. The number of phenols is 1. The first-order chi connectivity index (χ1) is 15.3. The van der Waals surface area contributed by atoms with Crippen molar-refractivity contribution in [2.45, 2.75) is 6.18 Å². The maximum Gasteiger partial charge on any atom is 0.434 e. The van der Waals surface area contributed by atoms with Gasteiger partial charge in [-0.15, -0.1) is 0 Å². The second-order valence-electron chi connectivity index (χ2n) is 6.87. The molecule has 0 aliphatic rings. The zero-order chi connectivity index (χ0) is 22.9. The Morgan fingerprint density at radius 1 is 0.875 bits per heavy atom. The van der Waals surface area contributed by atoms with Crippen molar-refractivity contribution >= 4 is 11.6 Å². The summed E-state index contributed by atoms with van der Waals surface area (Å²) in [7, 11) is 1.42. The lowest BCUT2D eigenvalue weighted by Gasteiger charge is -2.18. The molecule has 4 nitrogen and oxygen atoms in total. The lowest BCUT2D eigenvalue weighted by molar-refractivity contribution is -0.140. The molecule has 0 amide bonds. The molecule has 1 N–H and O–H groups in total. The van der Waals surface area contributed by atoms with Gasteiger partial charge in [0.15, 0.2) is 11.5 Å². The van der Waals surface area contributed by atoms with E-state index in [-0.39, 0.29) is 34.0 Å². The van der Waals surface area contributed by atoms with Crippen molar-refractivity contribution in [1.29, 1.82) is 0 Å². The highest BCUT2D eigenvalue weighted by Crippen LogP contribution is 2.44. The summed E-state index contributed by atoms with van der Waals surface area (Å²) in [6.45, 7) is 0. The first-order valence-corrected chi connectivity index (χ1v) is 9.83. The van der Waals surface area contributed by atoms with Gasteiger partial charge in [-0.1, -0.05) is 54.1 Å². The van der Waals surface area contributed by atoms with Crippen LogP contribution in [0.3, 0.4) is 0 Å². The van der Waals surface area contributed by atoms with E-state index in [2.05, 4.69) is 9.97 Å². The van der Waals surface area contributed by atoms with Crippen LogP contribution in [0.1, 0.15) is 5.69 Å². The van der Waals surface area contributed by atoms with Crippen LogP contribution in [-0.4, -0.2) is 22.2 Å². The second kappa shape index (κ2) is 8.51. The highest BCUT2D eigenvalue weighted by molar-refractivity contribution is 6.30. The van der Waals surface area contributed by atoms with Crippen molar-refractivity contribution < 1.29 is 23.0 Å². The molecule has 0 spiro atoms. The molecular formula is C24H16ClF3N2O2. The maximum absolute atomic E-state index is 14.2. The summed E-state index contributed by atoms with van der Waals surface area (Å²) in [6, 6.07) is 18.6. The van der Waals surface area contributed by atoms with E-state index in [1.54, 1.807) is 30.3 Å². The van der Waals surface area contributed by atoms with Gasteiger partial charge in [0.05, 0.1) is 12.8 Å². The Morgan fingerprint density at radius 3 is 2.16 bits per heavy atom. The molecule has 32 heavy (non-hydrogen) atoms. The van der Waals surface area contributed by atoms with Gasteiger partial charge in [-0.25, -0.2) is 9.97 Å². The highest BCUT2D eigenvalue weighted by atomic mass is 35.5. The van der Waals surface area contributed by atoms with E-state index < -0.39 is 11.9 Å². The molecule has 0 unspecified atom stereocenters. The van der Waals surface area contributed by atoms with Gasteiger partial charge in [-0.05, 0) is 29.8 Å². The molecule has 0 aliphatic heterocycles. The number of alkyl halides is 3. The van der Waals surface area contributed by atoms with Gasteiger partial charge >= 0.3 is 6.18 Å². The predicted molar refractivity (Wildman–Crippen MR) is 117 cm³/mol. The van der Waals surface area contributed by atoms with Crippen LogP contribution in [0.4, 0.5) is 13.2 Å². The number of aromatic hydroxyl groups is 1. The third-order valence-electron chi connectivity index (χ3n) is 4.80. The van der Waals surface area contributed by atoms with Crippen LogP contribution in [-0.2, 0) is 6.18 Å². The van der Waals surface area contributed by atoms with Crippen molar-refractivity contribution in [2.75, 3.05) is 7.11 Å². The fourth-order valence-corrected chi connectivity index (χ4v) is 3.43. The van der Waals surface area contributed by atoms with Crippen molar-refractivity contribution in [3.8, 4) is 45.3 Å². The lowest BCUT2D eigenvalue weighted by atomic mass is 9.96. The van der Waals surface area contributed by atoms with Gasteiger partial charge < -0.3 is 9.84 Å². The first-order valence-electron chi connectivity index (χ1n) is 9.46. The lowest BCUT2D eigenvalue weighted by Crippen LogP contribution is -2.13. The Balaban J connectivity index is 2.09. The minimum absolute atomic E-state index is 0.0614. The Morgan fingerprint density at radius 2 is 1.56 bits per heavy atom. The number of phenolic OH excluding ortho intramolecular Hbond substituents is 1. The van der Waals surface area contributed by atoms with E-state index in [0.717, 1.165) is 0 Å². The van der Waals surface area contributed by atoms with Crippen molar-refractivity contribution in [1.82, 2.24) is 9.97 Å². The summed E-state index contributed by atoms with van der Waals surface area (Å²) in [5.74, 6) is -0.0288. The predicted octanol–water partition coefficient (Wildman–Crippen LogP) is 6.86. The van der Waals surface area contributed by atoms with Gasteiger partial charge in [-0.2, -0.15) is 13.2 Å². The Labute approximate surface area is 186 Å². The van der Waals surface area contributed by atoms with Crippen LogP contribution in [0.5, 0.6) is 11.5 Å². The quantitative estimate of drug-likeness (QED) is 0.364. The second-order valence-corrected chi connectivity index (χ2v) is 7.31. The Hall–Kier alpha value is -3.58. The van der Waals surface area contributed by atoms with E-state index in [9.17, 15) is 18.3 Å². The molecular weight excluding hydrogens is 441 g/mol. The molecule has 8 heteroatoms. The molecule has 3 aromatic carbocycles. The zero-order valence-electron chi connectivity index (χ0n) is 16.7. The number of ether oxygens (including phenoxy) is 1. The molecule has 0 saturated heterocycles. The average Bonchev–Trinajstić information content (AvgIpc) is 2.79. The maximum atomic E-state index is 14.2. The van der Waals surface area contributed by atoms with Crippen LogP contribution < -0.4 is 4.74 Å². The van der Waals surface area contributed by atoms with Gasteiger partial charge in [-0.3, -0.25) is 0 Å². The van der Waals surface area contributed by atoms with Crippen molar-refractivity contribution in [2.24, 2.45) is 0 Å².